The second kappa shape index (κ2) is 9.71. The van der Waals surface area contributed by atoms with E-state index in [1.54, 1.807) is 18.2 Å². The molecule has 1 amide bonds. The van der Waals surface area contributed by atoms with Crippen molar-refractivity contribution in [2.75, 3.05) is 13.6 Å². The van der Waals surface area contributed by atoms with Gasteiger partial charge in [-0.05, 0) is 54.1 Å². The summed E-state index contributed by atoms with van der Waals surface area (Å²) in [5.41, 5.74) is 1.65. The van der Waals surface area contributed by atoms with Crippen LogP contribution in [-0.2, 0) is 21.5 Å². The second-order valence-corrected chi connectivity index (χ2v) is 8.61. The van der Waals surface area contributed by atoms with Gasteiger partial charge in [-0.25, -0.2) is 0 Å². The summed E-state index contributed by atoms with van der Waals surface area (Å²) in [5, 5.41) is 13.6. The van der Waals surface area contributed by atoms with Gasteiger partial charge < -0.3 is 10.2 Å². The van der Waals surface area contributed by atoms with Crippen LogP contribution in [0.2, 0.25) is 0 Å². The van der Waals surface area contributed by atoms with E-state index in [4.69, 9.17) is 9.81 Å². The van der Waals surface area contributed by atoms with Gasteiger partial charge in [0.05, 0.1) is 22.6 Å². The smallest absolute Gasteiger partial charge is 0.294 e. The molecule has 3 aromatic carbocycles. The molecule has 0 spiro atoms. The van der Waals surface area contributed by atoms with Gasteiger partial charge in [-0.2, -0.15) is 13.7 Å². The molecule has 160 valence electrons. The number of carbonyl (C=O) groups excluding carboxylic acids is 1. The van der Waals surface area contributed by atoms with Crippen LogP contribution >= 0.6 is 0 Å². The highest BCUT2D eigenvalue weighted by Gasteiger charge is 2.29. The number of likely N-dealkylation sites (N-methyl/N-ethyl adjacent to an activating group) is 1. The fourth-order valence-corrected chi connectivity index (χ4v) is 3.97. The van der Waals surface area contributed by atoms with Gasteiger partial charge >= 0.3 is 0 Å². The van der Waals surface area contributed by atoms with Crippen molar-refractivity contribution in [3.8, 4) is 6.07 Å². The predicted molar refractivity (Wildman–Crippen MR) is 118 cm³/mol. The first kappa shape index (κ1) is 22.4. The Morgan fingerprint density at radius 1 is 1.10 bits per heavy atom. The third kappa shape index (κ3) is 5.67. The molecular weight excluding hydrogens is 414 g/mol. The van der Waals surface area contributed by atoms with Gasteiger partial charge in [-0.1, -0.05) is 42.5 Å². The number of nitrogens with zero attached hydrogens (tertiary/aromatic N) is 2. The summed E-state index contributed by atoms with van der Waals surface area (Å²) >= 11 is 0. The Labute approximate surface area is 181 Å². The van der Waals surface area contributed by atoms with Gasteiger partial charge in [0.15, 0.2) is 0 Å². The van der Waals surface area contributed by atoms with Crippen LogP contribution in [0.5, 0.6) is 0 Å². The Hall–Kier alpha value is -3.25. The summed E-state index contributed by atoms with van der Waals surface area (Å²) in [5.74, 6) is 0.148. The van der Waals surface area contributed by atoms with Gasteiger partial charge in [0.1, 0.15) is 0 Å². The minimum atomic E-state index is -4.09. The second-order valence-electron chi connectivity index (χ2n) is 7.19. The van der Waals surface area contributed by atoms with Crippen molar-refractivity contribution in [2.45, 2.75) is 23.9 Å². The zero-order valence-corrected chi connectivity index (χ0v) is 17.8. The summed E-state index contributed by atoms with van der Waals surface area (Å²) in [6.07, 6.45) is 0.854. The molecule has 1 heterocycles. The van der Waals surface area contributed by atoms with Crippen molar-refractivity contribution >= 4 is 26.8 Å². The molecule has 0 aliphatic carbocycles. The Kier molecular flexibility index (Phi) is 7.02. The van der Waals surface area contributed by atoms with E-state index in [9.17, 15) is 13.2 Å². The Bertz CT molecular complexity index is 1230. The summed E-state index contributed by atoms with van der Waals surface area (Å²) in [4.78, 5) is 13.7. The molecule has 1 fully saturated rings. The molecule has 4 rings (SSSR count). The molecule has 1 atom stereocenters. The maximum atomic E-state index is 11.9. The van der Waals surface area contributed by atoms with Crippen LogP contribution in [0.4, 0.5) is 0 Å². The highest BCUT2D eigenvalue weighted by molar-refractivity contribution is 7.85. The van der Waals surface area contributed by atoms with Crippen LogP contribution in [0.1, 0.15) is 17.5 Å². The molecule has 3 aromatic rings. The molecule has 1 aliphatic heterocycles. The van der Waals surface area contributed by atoms with E-state index in [1.165, 1.54) is 12.1 Å². The van der Waals surface area contributed by atoms with Gasteiger partial charge in [0.25, 0.3) is 10.1 Å². The number of carbonyl (C=O) groups is 1. The number of nitrogens with one attached hydrogen (secondary N) is 1. The molecule has 0 bridgehead atoms. The van der Waals surface area contributed by atoms with Crippen molar-refractivity contribution in [2.24, 2.45) is 0 Å². The fraction of sp³-hybridized carbons (Fsp3) is 0.217. The first-order valence-corrected chi connectivity index (χ1v) is 11.2. The van der Waals surface area contributed by atoms with Crippen LogP contribution in [0.15, 0.2) is 71.6 Å². The highest BCUT2D eigenvalue weighted by Crippen LogP contribution is 2.18. The predicted octanol–water partition coefficient (Wildman–Crippen LogP) is 2.97. The zero-order valence-electron chi connectivity index (χ0n) is 17.0. The fourth-order valence-electron chi connectivity index (χ4n) is 3.45. The lowest BCUT2D eigenvalue weighted by Crippen LogP contribution is -2.35. The maximum absolute atomic E-state index is 11.9. The molecule has 2 N–H and O–H groups in total. The summed E-state index contributed by atoms with van der Waals surface area (Å²) in [6.45, 7) is 1.37. The molecule has 0 unspecified atom stereocenters. The number of fused-ring (bicyclic) bond motifs is 1. The third-order valence-electron chi connectivity index (χ3n) is 5.09. The zero-order chi connectivity index (χ0) is 22.4. The summed E-state index contributed by atoms with van der Waals surface area (Å²) in [7, 11) is -2.29. The van der Waals surface area contributed by atoms with Gasteiger partial charge in [-0.3, -0.25) is 9.35 Å². The van der Waals surface area contributed by atoms with E-state index in [-0.39, 0.29) is 16.8 Å². The molecule has 1 saturated heterocycles. The SMILES string of the molecule is CN[C@H]1CCN(Cc2cccc(C#N)c2)C1=O.O=S(=O)(O)c1ccc2ccccc2c1. The van der Waals surface area contributed by atoms with Crippen molar-refractivity contribution in [1.29, 1.82) is 5.26 Å². The largest absolute Gasteiger partial charge is 0.337 e. The molecule has 0 saturated carbocycles. The van der Waals surface area contributed by atoms with E-state index in [0.29, 0.717) is 12.1 Å². The lowest BCUT2D eigenvalue weighted by Gasteiger charge is -2.16. The van der Waals surface area contributed by atoms with Crippen molar-refractivity contribution in [3.63, 3.8) is 0 Å². The minimum absolute atomic E-state index is 0.0471. The Morgan fingerprint density at radius 3 is 2.48 bits per heavy atom. The number of hydrogen-bond donors (Lipinski definition) is 2. The molecular formula is C23H23N3O4S. The van der Waals surface area contributed by atoms with Gasteiger partial charge in [-0.15, -0.1) is 0 Å². The maximum Gasteiger partial charge on any atom is 0.294 e. The first-order valence-electron chi connectivity index (χ1n) is 9.73. The van der Waals surface area contributed by atoms with Crippen LogP contribution in [0, 0.1) is 11.3 Å². The number of likely N-dealkylation sites (tertiary alicyclic amines) is 1. The normalized spacial score (nSPS) is 16.0. The van der Waals surface area contributed by atoms with Crippen LogP contribution in [-0.4, -0.2) is 43.4 Å². The topological polar surface area (TPSA) is 111 Å². The van der Waals surface area contributed by atoms with Crippen LogP contribution in [0.25, 0.3) is 10.8 Å². The van der Waals surface area contributed by atoms with E-state index in [0.717, 1.165) is 29.3 Å². The number of nitriles is 1. The molecule has 31 heavy (non-hydrogen) atoms. The monoisotopic (exact) mass is 437 g/mol. The summed E-state index contributed by atoms with van der Waals surface area (Å²) in [6, 6.07) is 21.3. The Morgan fingerprint density at radius 2 is 1.84 bits per heavy atom. The van der Waals surface area contributed by atoms with Gasteiger partial charge in [0.2, 0.25) is 5.91 Å². The van der Waals surface area contributed by atoms with E-state index in [2.05, 4.69) is 11.4 Å². The quantitative estimate of drug-likeness (QED) is 0.607. The number of rotatable bonds is 4. The first-order chi connectivity index (χ1) is 14.8. The Balaban J connectivity index is 0.000000179. The molecule has 0 radical (unpaired) electrons. The van der Waals surface area contributed by atoms with Crippen LogP contribution < -0.4 is 5.32 Å². The average Bonchev–Trinajstić information content (AvgIpc) is 3.12. The highest BCUT2D eigenvalue weighted by atomic mass is 32.2. The van der Waals surface area contributed by atoms with Crippen molar-refractivity contribution < 1.29 is 17.8 Å². The molecule has 7 nitrogen and oxygen atoms in total. The lowest BCUT2D eigenvalue weighted by molar-refractivity contribution is -0.129. The van der Waals surface area contributed by atoms with Gasteiger partial charge in [0, 0.05) is 13.1 Å². The van der Waals surface area contributed by atoms with E-state index < -0.39 is 10.1 Å². The van der Waals surface area contributed by atoms with Crippen molar-refractivity contribution in [1.82, 2.24) is 10.2 Å². The number of benzene rings is 3. The summed E-state index contributed by atoms with van der Waals surface area (Å²) < 4.78 is 30.5. The number of amides is 1. The number of hydrogen-bond acceptors (Lipinski definition) is 5. The standard InChI is InChI=1S/C13H15N3O.C10H8O3S/c1-15-12-5-6-16(13(12)17)9-11-4-2-3-10(7-11)8-14;11-14(12,13)10-6-5-8-3-1-2-4-9(8)7-10/h2-4,7,12,15H,5-6,9H2,1H3;1-7H,(H,11,12,13)/t12-;/m0./s1. The van der Waals surface area contributed by atoms with Crippen LogP contribution in [0.3, 0.4) is 0 Å². The third-order valence-corrected chi connectivity index (χ3v) is 5.94. The minimum Gasteiger partial charge on any atom is -0.337 e. The lowest BCUT2D eigenvalue weighted by atomic mass is 10.1. The van der Waals surface area contributed by atoms with E-state index >= 15 is 0 Å². The molecule has 0 aromatic heterocycles. The molecule has 1 aliphatic rings. The van der Waals surface area contributed by atoms with Crippen molar-refractivity contribution in [3.05, 3.63) is 77.9 Å². The average molecular weight is 438 g/mol. The van der Waals surface area contributed by atoms with E-state index in [1.807, 2.05) is 48.3 Å². The molecule has 8 heteroatoms.